The van der Waals surface area contributed by atoms with Gasteiger partial charge < -0.3 is 4.42 Å². The number of hydrogen-bond acceptors (Lipinski definition) is 2. The Morgan fingerprint density at radius 3 is 2.47 bits per heavy atom. The van der Waals surface area contributed by atoms with Gasteiger partial charge >= 0.3 is 0 Å². The minimum Gasteiger partial charge on any atom is -0.460 e. The molecule has 3 heteroatoms. The van der Waals surface area contributed by atoms with Crippen molar-refractivity contribution in [3.63, 3.8) is 0 Å². The van der Waals surface area contributed by atoms with Gasteiger partial charge in [0.1, 0.15) is 11.3 Å². The molecule has 1 atom stereocenters. The quantitative estimate of drug-likeness (QED) is 0.743. The molecule has 0 spiro atoms. The Morgan fingerprint density at radius 2 is 1.94 bits per heavy atom. The van der Waals surface area contributed by atoms with Crippen LogP contribution in [-0.2, 0) is 4.79 Å². The molecule has 1 heterocycles. The van der Waals surface area contributed by atoms with Crippen molar-refractivity contribution in [3.05, 3.63) is 36.1 Å². The van der Waals surface area contributed by atoms with Crippen LogP contribution in [0.25, 0.3) is 11.0 Å². The van der Waals surface area contributed by atoms with Crippen LogP contribution in [0.3, 0.4) is 0 Å². The van der Waals surface area contributed by atoms with Crippen molar-refractivity contribution in [2.24, 2.45) is 5.41 Å². The number of furan rings is 1. The zero-order chi connectivity index (χ0) is 12.6. The third kappa shape index (κ3) is 2.37. The summed E-state index contributed by atoms with van der Waals surface area (Å²) < 4.78 is 5.71. The number of carbonyl (C=O) groups is 1. The summed E-state index contributed by atoms with van der Waals surface area (Å²) in [4.78, 5) is 11.6. The van der Waals surface area contributed by atoms with E-state index in [2.05, 4.69) is 0 Å². The SMILES string of the molecule is CC(C)(C)C(C(=O)Cl)c1cc2ccccc2o1. The van der Waals surface area contributed by atoms with Gasteiger partial charge in [0.25, 0.3) is 0 Å². The van der Waals surface area contributed by atoms with Gasteiger partial charge in [-0.2, -0.15) is 0 Å². The Bertz CT molecular complexity index is 516. The van der Waals surface area contributed by atoms with Gasteiger partial charge in [-0.05, 0) is 29.1 Å². The molecular formula is C14H15ClO2. The van der Waals surface area contributed by atoms with Gasteiger partial charge in [-0.25, -0.2) is 0 Å². The van der Waals surface area contributed by atoms with Gasteiger partial charge in [0.15, 0.2) is 0 Å². The van der Waals surface area contributed by atoms with Crippen molar-refractivity contribution < 1.29 is 9.21 Å². The van der Waals surface area contributed by atoms with E-state index in [0.717, 1.165) is 11.0 Å². The summed E-state index contributed by atoms with van der Waals surface area (Å²) in [6.07, 6.45) is 0. The highest BCUT2D eigenvalue weighted by Gasteiger charge is 2.34. The maximum atomic E-state index is 11.6. The highest BCUT2D eigenvalue weighted by atomic mass is 35.5. The number of fused-ring (bicyclic) bond motifs is 1. The summed E-state index contributed by atoms with van der Waals surface area (Å²) in [7, 11) is 0. The van der Waals surface area contributed by atoms with Gasteiger partial charge in [0.05, 0.1) is 5.92 Å². The highest BCUT2D eigenvalue weighted by Crippen LogP contribution is 2.39. The van der Waals surface area contributed by atoms with E-state index in [1.165, 1.54) is 0 Å². The zero-order valence-electron chi connectivity index (χ0n) is 10.2. The number of carbonyl (C=O) groups excluding carboxylic acids is 1. The maximum absolute atomic E-state index is 11.6. The molecule has 2 rings (SSSR count). The first-order chi connectivity index (χ1) is 7.89. The molecule has 0 amide bonds. The maximum Gasteiger partial charge on any atom is 0.232 e. The second kappa shape index (κ2) is 4.19. The van der Waals surface area contributed by atoms with Crippen LogP contribution in [0.1, 0.15) is 32.4 Å². The third-order valence-electron chi connectivity index (χ3n) is 2.82. The standard InChI is InChI=1S/C14H15ClO2/c1-14(2,3)12(13(15)16)11-8-9-6-4-5-7-10(9)17-11/h4-8,12H,1-3H3. The van der Waals surface area contributed by atoms with Gasteiger partial charge in [-0.3, -0.25) is 4.79 Å². The normalized spacial score (nSPS) is 13.9. The Labute approximate surface area is 106 Å². The predicted molar refractivity (Wildman–Crippen MR) is 69.3 cm³/mol. The molecule has 1 aromatic carbocycles. The average molecular weight is 251 g/mol. The van der Waals surface area contributed by atoms with Crippen LogP contribution in [0.2, 0.25) is 0 Å². The minimum absolute atomic E-state index is 0.257. The van der Waals surface area contributed by atoms with Crippen molar-refractivity contribution >= 4 is 27.8 Å². The summed E-state index contributed by atoms with van der Waals surface area (Å²) in [5, 5.41) is 0.617. The molecule has 0 aliphatic heterocycles. The van der Waals surface area contributed by atoms with Gasteiger partial charge in [0.2, 0.25) is 5.24 Å². The van der Waals surface area contributed by atoms with Crippen molar-refractivity contribution in [1.29, 1.82) is 0 Å². The molecule has 0 fully saturated rings. The summed E-state index contributed by atoms with van der Waals surface area (Å²) in [5.74, 6) is 0.218. The van der Waals surface area contributed by atoms with Crippen LogP contribution >= 0.6 is 11.6 Å². The van der Waals surface area contributed by atoms with E-state index >= 15 is 0 Å². The van der Waals surface area contributed by atoms with Gasteiger partial charge in [0, 0.05) is 5.39 Å². The van der Waals surface area contributed by atoms with Crippen LogP contribution in [0.4, 0.5) is 0 Å². The van der Waals surface area contributed by atoms with Crippen molar-refractivity contribution in [2.75, 3.05) is 0 Å². The molecule has 0 N–H and O–H groups in total. The van der Waals surface area contributed by atoms with E-state index in [4.69, 9.17) is 16.0 Å². The molecule has 17 heavy (non-hydrogen) atoms. The molecule has 2 aromatic rings. The van der Waals surface area contributed by atoms with Gasteiger partial charge in [-0.15, -0.1) is 0 Å². The Morgan fingerprint density at radius 1 is 1.29 bits per heavy atom. The first kappa shape index (κ1) is 12.2. The molecule has 0 bridgehead atoms. The topological polar surface area (TPSA) is 30.2 Å². The largest absolute Gasteiger partial charge is 0.460 e. The second-order valence-corrected chi connectivity index (χ2v) is 5.66. The second-order valence-electron chi connectivity index (χ2n) is 5.29. The van der Waals surface area contributed by atoms with E-state index in [9.17, 15) is 4.79 Å². The molecule has 1 aromatic heterocycles. The first-order valence-corrected chi connectivity index (χ1v) is 5.95. The van der Waals surface area contributed by atoms with Crippen LogP contribution in [0.15, 0.2) is 34.7 Å². The molecule has 0 aliphatic carbocycles. The Hall–Kier alpha value is -1.28. The summed E-state index contributed by atoms with van der Waals surface area (Å²) in [5.41, 5.74) is 0.529. The lowest BCUT2D eigenvalue weighted by molar-refractivity contribution is -0.115. The van der Waals surface area contributed by atoms with E-state index in [0.29, 0.717) is 5.76 Å². The molecule has 0 radical (unpaired) electrons. The van der Waals surface area contributed by atoms with Crippen molar-refractivity contribution in [3.8, 4) is 0 Å². The van der Waals surface area contributed by atoms with E-state index < -0.39 is 5.92 Å². The molecule has 1 unspecified atom stereocenters. The fraction of sp³-hybridized carbons (Fsp3) is 0.357. The predicted octanol–water partition coefficient (Wildman–Crippen LogP) is 4.33. The Balaban J connectivity index is 2.53. The molecule has 0 aliphatic rings. The number of hydrogen-bond donors (Lipinski definition) is 0. The fourth-order valence-corrected chi connectivity index (χ4v) is 2.46. The monoisotopic (exact) mass is 250 g/mol. The number of para-hydroxylation sites is 1. The molecular weight excluding hydrogens is 236 g/mol. The van der Waals surface area contributed by atoms with Crippen LogP contribution in [0.5, 0.6) is 0 Å². The minimum atomic E-state index is -0.420. The molecule has 0 saturated heterocycles. The number of rotatable bonds is 2. The molecule has 0 saturated carbocycles. The van der Waals surface area contributed by atoms with E-state index in [1.54, 1.807) is 0 Å². The lowest BCUT2D eigenvalue weighted by Gasteiger charge is -2.25. The lowest BCUT2D eigenvalue weighted by Crippen LogP contribution is -2.23. The van der Waals surface area contributed by atoms with Crippen molar-refractivity contribution in [2.45, 2.75) is 26.7 Å². The smallest absolute Gasteiger partial charge is 0.232 e. The van der Waals surface area contributed by atoms with Crippen molar-refractivity contribution in [1.82, 2.24) is 0 Å². The van der Waals surface area contributed by atoms with Crippen LogP contribution in [-0.4, -0.2) is 5.24 Å². The third-order valence-corrected chi connectivity index (χ3v) is 3.04. The number of halogens is 1. The summed E-state index contributed by atoms with van der Waals surface area (Å²) in [6.45, 7) is 5.93. The number of benzene rings is 1. The zero-order valence-corrected chi connectivity index (χ0v) is 10.9. The summed E-state index contributed by atoms with van der Waals surface area (Å²) >= 11 is 5.69. The van der Waals surface area contributed by atoms with Gasteiger partial charge in [-0.1, -0.05) is 39.0 Å². The first-order valence-electron chi connectivity index (χ1n) is 5.57. The van der Waals surface area contributed by atoms with E-state index in [-0.39, 0.29) is 10.7 Å². The molecule has 90 valence electrons. The highest BCUT2D eigenvalue weighted by molar-refractivity contribution is 6.64. The molecule has 2 nitrogen and oxygen atoms in total. The van der Waals surface area contributed by atoms with Crippen LogP contribution < -0.4 is 0 Å². The summed E-state index contributed by atoms with van der Waals surface area (Å²) in [6, 6.07) is 9.59. The average Bonchev–Trinajstić information content (AvgIpc) is 2.56. The van der Waals surface area contributed by atoms with Crippen LogP contribution in [0, 0.1) is 5.41 Å². The fourth-order valence-electron chi connectivity index (χ4n) is 2.02. The lowest BCUT2D eigenvalue weighted by atomic mass is 9.80. The van der Waals surface area contributed by atoms with E-state index in [1.807, 2.05) is 51.1 Å². The Kier molecular flexibility index (Phi) is 3.00.